The number of anilines is 1. The lowest BCUT2D eigenvalue weighted by atomic mass is 10.1. The number of ether oxygens (including phenoxy) is 5. The van der Waals surface area contributed by atoms with Crippen molar-refractivity contribution >= 4 is 28.9 Å². The van der Waals surface area contributed by atoms with Gasteiger partial charge in [0.05, 0.1) is 20.5 Å². The SMILES string of the molecule is CCNC(=O)[C@H]1O[C@@H](n2cnc3c(NC(=O)NCCc4ccc(OC)c(OC)c4)ncnc32)[C@@H]2OC(C)(C)O[C@@H]21. The van der Waals surface area contributed by atoms with Crippen LogP contribution >= 0.6 is 0 Å². The molecule has 2 aromatic heterocycles. The molecule has 40 heavy (non-hydrogen) atoms. The van der Waals surface area contributed by atoms with Gasteiger partial charge in [-0.05, 0) is 44.9 Å². The first-order valence-corrected chi connectivity index (χ1v) is 13.0. The predicted molar refractivity (Wildman–Crippen MR) is 142 cm³/mol. The topological polar surface area (TPSA) is 160 Å². The molecule has 0 saturated carbocycles. The molecule has 1 aromatic carbocycles. The van der Waals surface area contributed by atoms with Crippen LogP contribution in [0.15, 0.2) is 30.9 Å². The fraction of sp³-hybridized carbons (Fsp3) is 0.500. The van der Waals surface area contributed by atoms with E-state index < -0.39 is 36.4 Å². The number of carbonyl (C=O) groups is 2. The summed E-state index contributed by atoms with van der Waals surface area (Å²) in [6, 6.07) is 5.15. The number of hydrogen-bond acceptors (Lipinski definition) is 10. The zero-order chi connectivity index (χ0) is 28.4. The van der Waals surface area contributed by atoms with Crippen molar-refractivity contribution in [1.29, 1.82) is 0 Å². The van der Waals surface area contributed by atoms with Crippen molar-refractivity contribution in [2.45, 2.75) is 57.5 Å². The Kier molecular flexibility index (Phi) is 7.74. The van der Waals surface area contributed by atoms with Crippen LogP contribution in [0, 0.1) is 0 Å². The number of amides is 3. The Morgan fingerprint density at radius 2 is 1.82 bits per heavy atom. The second-order valence-corrected chi connectivity index (χ2v) is 9.77. The Hall–Kier alpha value is -4.01. The number of aromatic nitrogens is 4. The summed E-state index contributed by atoms with van der Waals surface area (Å²) in [6.45, 7) is 6.24. The normalized spacial score (nSPS) is 23.0. The Bertz CT molecular complexity index is 1390. The lowest BCUT2D eigenvalue weighted by Gasteiger charge is -2.24. The molecule has 0 aliphatic carbocycles. The standard InChI is InChI=1S/C26H33N7O7/c1-6-27-23(34)19-18-20(40-26(2,3)39-18)24(38-19)33-13-31-17-21(29-12-30-22(17)33)32-25(35)28-10-9-14-7-8-15(36-4)16(11-14)37-5/h7-8,11-13,18-20,24H,6,9-10H2,1-5H3,(H,27,34)(H2,28,29,30,32,35)/t18-,19+,20-,24-/m1/s1. The van der Waals surface area contributed by atoms with E-state index in [1.807, 2.05) is 25.1 Å². The van der Waals surface area contributed by atoms with E-state index in [4.69, 9.17) is 23.7 Å². The summed E-state index contributed by atoms with van der Waals surface area (Å²) in [6.07, 6.45) is 0.631. The Balaban J connectivity index is 1.28. The molecule has 0 unspecified atom stereocenters. The molecule has 3 N–H and O–H groups in total. The molecule has 2 aliphatic rings. The highest BCUT2D eigenvalue weighted by Gasteiger charge is 2.58. The van der Waals surface area contributed by atoms with Gasteiger partial charge in [-0.1, -0.05) is 6.07 Å². The van der Waals surface area contributed by atoms with E-state index in [2.05, 4.69) is 30.9 Å². The van der Waals surface area contributed by atoms with Crippen LogP contribution in [-0.4, -0.2) is 82.9 Å². The lowest BCUT2D eigenvalue weighted by Crippen LogP contribution is -2.42. The van der Waals surface area contributed by atoms with Crippen LogP contribution in [0.25, 0.3) is 11.2 Å². The minimum Gasteiger partial charge on any atom is -0.493 e. The van der Waals surface area contributed by atoms with Gasteiger partial charge in [0.25, 0.3) is 5.91 Å². The number of fused-ring (bicyclic) bond motifs is 2. The van der Waals surface area contributed by atoms with E-state index in [0.717, 1.165) is 5.56 Å². The van der Waals surface area contributed by atoms with Gasteiger partial charge < -0.3 is 34.3 Å². The highest BCUT2D eigenvalue weighted by Crippen LogP contribution is 2.44. The van der Waals surface area contributed by atoms with Gasteiger partial charge in [0.2, 0.25) is 0 Å². The molecule has 14 heteroatoms. The Morgan fingerprint density at radius 1 is 1.05 bits per heavy atom. The van der Waals surface area contributed by atoms with Crippen LogP contribution in [0.4, 0.5) is 10.6 Å². The van der Waals surface area contributed by atoms with Crippen LogP contribution in [0.2, 0.25) is 0 Å². The maximum absolute atomic E-state index is 12.7. The van der Waals surface area contributed by atoms with Gasteiger partial charge in [-0.15, -0.1) is 0 Å². The van der Waals surface area contributed by atoms with Gasteiger partial charge in [-0.25, -0.2) is 19.7 Å². The molecular weight excluding hydrogens is 522 g/mol. The second-order valence-electron chi connectivity index (χ2n) is 9.77. The molecular formula is C26H33N7O7. The number of methoxy groups -OCH3 is 2. The summed E-state index contributed by atoms with van der Waals surface area (Å²) in [7, 11) is 3.15. The number of nitrogens with zero attached hydrogens (tertiary/aromatic N) is 4. The van der Waals surface area contributed by atoms with E-state index in [1.54, 1.807) is 32.6 Å². The van der Waals surface area contributed by atoms with Crippen LogP contribution in [0.3, 0.4) is 0 Å². The zero-order valence-corrected chi connectivity index (χ0v) is 23.0. The van der Waals surface area contributed by atoms with Crippen molar-refractivity contribution in [2.24, 2.45) is 0 Å². The van der Waals surface area contributed by atoms with Crippen LogP contribution in [0.5, 0.6) is 11.5 Å². The molecule has 2 fully saturated rings. The van der Waals surface area contributed by atoms with Gasteiger partial charge in [0.15, 0.2) is 46.6 Å². The molecule has 4 heterocycles. The molecule has 0 bridgehead atoms. The smallest absolute Gasteiger partial charge is 0.320 e. The largest absolute Gasteiger partial charge is 0.493 e. The van der Waals surface area contributed by atoms with Crippen molar-refractivity contribution in [3.63, 3.8) is 0 Å². The average Bonchev–Trinajstić information content (AvgIpc) is 3.59. The average molecular weight is 556 g/mol. The molecule has 14 nitrogen and oxygen atoms in total. The van der Waals surface area contributed by atoms with Crippen LogP contribution in [0.1, 0.15) is 32.6 Å². The summed E-state index contributed by atoms with van der Waals surface area (Å²) in [5.74, 6) is 0.308. The molecule has 3 amide bonds. The number of rotatable bonds is 9. The van der Waals surface area contributed by atoms with Crippen LogP contribution < -0.4 is 25.4 Å². The number of imidazole rings is 1. The van der Waals surface area contributed by atoms with Crippen molar-refractivity contribution in [1.82, 2.24) is 30.2 Å². The minimum absolute atomic E-state index is 0.228. The van der Waals surface area contributed by atoms with Gasteiger partial charge >= 0.3 is 6.03 Å². The maximum atomic E-state index is 12.7. The molecule has 3 aromatic rings. The van der Waals surface area contributed by atoms with Crippen molar-refractivity contribution in [3.05, 3.63) is 36.4 Å². The van der Waals surface area contributed by atoms with Crippen molar-refractivity contribution in [3.8, 4) is 11.5 Å². The number of urea groups is 1. The molecule has 2 aliphatic heterocycles. The van der Waals surface area contributed by atoms with Gasteiger partial charge in [0.1, 0.15) is 18.5 Å². The number of benzene rings is 1. The van der Waals surface area contributed by atoms with E-state index in [9.17, 15) is 9.59 Å². The third-order valence-corrected chi connectivity index (χ3v) is 6.65. The summed E-state index contributed by atoms with van der Waals surface area (Å²) in [5, 5.41) is 8.34. The molecule has 0 radical (unpaired) electrons. The van der Waals surface area contributed by atoms with Crippen molar-refractivity contribution in [2.75, 3.05) is 32.6 Å². The van der Waals surface area contributed by atoms with Gasteiger partial charge in [0, 0.05) is 13.1 Å². The van der Waals surface area contributed by atoms with Gasteiger partial charge in [-0.2, -0.15) is 0 Å². The van der Waals surface area contributed by atoms with E-state index in [-0.39, 0.29) is 11.7 Å². The number of nitrogens with one attached hydrogen (secondary N) is 3. The fourth-order valence-electron chi connectivity index (χ4n) is 4.92. The van der Waals surface area contributed by atoms with Gasteiger partial charge in [-0.3, -0.25) is 14.7 Å². The third-order valence-electron chi connectivity index (χ3n) is 6.65. The molecule has 4 atom stereocenters. The summed E-state index contributed by atoms with van der Waals surface area (Å²) in [4.78, 5) is 38.4. The quantitative estimate of drug-likeness (QED) is 0.355. The number of hydrogen-bond donors (Lipinski definition) is 3. The summed E-state index contributed by atoms with van der Waals surface area (Å²) in [5.41, 5.74) is 1.74. The lowest BCUT2D eigenvalue weighted by molar-refractivity contribution is -0.197. The van der Waals surface area contributed by atoms with E-state index in [0.29, 0.717) is 42.2 Å². The highest BCUT2D eigenvalue weighted by molar-refractivity contribution is 5.95. The summed E-state index contributed by atoms with van der Waals surface area (Å²) < 4.78 is 30.5. The monoisotopic (exact) mass is 555 g/mol. The van der Waals surface area contributed by atoms with Crippen molar-refractivity contribution < 1.29 is 33.3 Å². The molecule has 2 saturated heterocycles. The zero-order valence-electron chi connectivity index (χ0n) is 23.0. The molecule has 5 rings (SSSR count). The first-order valence-electron chi connectivity index (χ1n) is 13.0. The maximum Gasteiger partial charge on any atom is 0.320 e. The first kappa shape index (κ1) is 27.6. The fourth-order valence-corrected chi connectivity index (χ4v) is 4.92. The predicted octanol–water partition coefficient (Wildman–Crippen LogP) is 1.76. The number of likely N-dealkylation sites (N-methyl/N-ethyl adjacent to an activating group) is 1. The summed E-state index contributed by atoms with van der Waals surface area (Å²) >= 11 is 0. The van der Waals surface area contributed by atoms with Crippen LogP contribution in [-0.2, 0) is 25.4 Å². The van der Waals surface area contributed by atoms with E-state index >= 15 is 0 Å². The van der Waals surface area contributed by atoms with E-state index in [1.165, 1.54) is 12.7 Å². The molecule has 214 valence electrons. The Labute approximate surface area is 230 Å². The number of carbonyl (C=O) groups excluding carboxylic acids is 2. The highest BCUT2D eigenvalue weighted by atomic mass is 16.8. The second kappa shape index (κ2) is 11.2. The Morgan fingerprint density at radius 3 is 2.58 bits per heavy atom. The first-order chi connectivity index (χ1) is 19.2. The molecule has 0 spiro atoms. The minimum atomic E-state index is -0.894. The third kappa shape index (κ3) is 5.37.